The highest BCUT2D eigenvalue weighted by Gasteiger charge is 2.21. The first kappa shape index (κ1) is 28.6. The minimum Gasteiger partial charge on any atom is -0.513 e. The maximum Gasteiger partial charge on any atom is 0.308 e. The fourth-order valence-corrected chi connectivity index (χ4v) is 5.91. The number of aliphatic hydroxyl groups excluding tert-OH is 1. The maximum absolute atomic E-state index is 14.5. The van der Waals surface area contributed by atoms with Crippen LogP contribution < -0.4 is 4.87 Å². The van der Waals surface area contributed by atoms with Gasteiger partial charge in [0, 0.05) is 13.0 Å². The molecule has 1 heterocycles. The van der Waals surface area contributed by atoms with Crippen LogP contribution in [0.5, 0.6) is 0 Å². The number of allylic oxidation sites excluding steroid dienone is 2. The summed E-state index contributed by atoms with van der Waals surface area (Å²) in [5.41, 5.74) is 5.06. The Bertz CT molecular complexity index is 1420. The predicted octanol–water partition coefficient (Wildman–Crippen LogP) is 9.53. The third-order valence-electron chi connectivity index (χ3n) is 7.25. The SMILES string of the molecule is CC/C=C(\O)CC.O=c1sc(-c2ccccc2)c(-c2ccccc2)n1CCCc1cc(C2CCC2)ccc1F. The second-order valence-electron chi connectivity index (χ2n) is 9.97. The Balaban J connectivity index is 0.000000448. The number of nitrogens with zero attached hydrogens (tertiary/aromatic N) is 1. The number of hydrogen-bond acceptors (Lipinski definition) is 3. The van der Waals surface area contributed by atoms with Gasteiger partial charge in [0.1, 0.15) is 5.82 Å². The molecule has 5 rings (SSSR count). The quantitative estimate of drug-likeness (QED) is 0.214. The van der Waals surface area contributed by atoms with Gasteiger partial charge in [0.25, 0.3) is 0 Å². The fraction of sp³-hybridized carbons (Fsp3) is 0.324. The molecule has 1 aromatic heterocycles. The minimum atomic E-state index is -0.140. The number of aliphatic hydroxyl groups is 1. The summed E-state index contributed by atoms with van der Waals surface area (Å²) in [6.45, 7) is 4.51. The number of benzene rings is 3. The van der Waals surface area contributed by atoms with Gasteiger partial charge < -0.3 is 5.11 Å². The summed E-state index contributed by atoms with van der Waals surface area (Å²) in [7, 11) is 0. The van der Waals surface area contributed by atoms with E-state index in [4.69, 9.17) is 5.11 Å². The largest absolute Gasteiger partial charge is 0.513 e. The molecule has 3 aromatic carbocycles. The molecule has 1 fully saturated rings. The van der Waals surface area contributed by atoms with E-state index in [0.717, 1.165) is 46.5 Å². The number of halogens is 1. The molecule has 0 atom stereocenters. The Kier molecular flexibility index (Phi) is 10.3. The van der Waals surface area contributed by atoms with E-state index < -0.39 is 0 Å². The van der Waals surface area contributed by atoms with Gasteiger partial charge >= 0.3 is 4.87 Å². The Hall–Kier alpha value is -3.44. The van der Waals surface area contributed by atoms with Crippen molar-refractivity contribution in [1.82, 2.24) is 4.57 Å². The Labute approximate surface area is 235 Å². The van der Waals surface area contributed by atoms with Crippen LogP contribution >= 0.6 is 11.3 Å². The molecule has 1 saturated carbocycles. The molecule has 0 radical (unpaired) electrons. The van der Waals surface area contributed by atoms with Crippen molar-refractivity contribution < 1.29 is 9.50 Å². The van der Waals surface area contributed by atoms with Gasteiger partial charge in [-0.05, 0) is 72.4 Å². The van der Waals surface area contributed by atoms with E-state index in [1.807, 2.05) is 97.3 Å². The van der Waals surface area contributed by atoms with E-state index in [2.05, 4.69) is 0 Å². The van der Waals surface area contributed by atoms with E-state index in [-0.39, 0.29) is 10.7 Å². The molecule has 1 N–H and O–H groups in total. The van der Waals surface area contributed by atoms with E-state index in [9.17, 15) is 9.18 Å². The lowest BCUT2D eigenvalue weighted by atomic mass is 9.79. The average molecular weight is 544 g/mol. The van der Waals surface area contributed by atoms with Gasteiger partial charge in [0.05, 0.1) is 16.3 Å². The lowest BCUT2D eigenvalue weighted by Gasteiger charge is -2.26. The van der Waals surface area contributed by atoms with Crippen molar-refractivity contribution >= 4 is 11.3 Å². The number of aryl methyl sites for hydroxylation is 1. The molecule has 1 aliphatic rings. The van der Waals surface area contributed by atoms with Crippen LogP contribution in [0, 0.1) is 5.82 Å². The zero-order chi connectivity index (χ0) is 27.6. The van der Waals surface area contributed by atoms with Crippen LogP contribution in [-0.2, 0) is 13.0 Å². The van der Waals surface area contributed by atoms with Gasteiger partial charge in [-0.25, -0.2) is 4.39 Å². The van der Waals surface area contributed by atoms with Crippen molar-refractivity contribution in [1.29, 1.82) is 0 Å². The van der Waals surface area contributed by atoms with Crippen LogP contribution in [0.4, 0.5) is 4.39 Å². The smallest absolute Gasteiger partial charge is 0.308 e. The van der Waals surface area contributed by atoms with Crippen molar-refractivity contribution in [2.45, 2.75) is 71.3 Å². The number of hydrogen-bond donors (Lipinski definition) is 1. The van der Waals surface area contributed by atoms with E-state index >= 15 is 0 Å². The molecule has 0 aliphatic heterocycles. The second-order valence-corrected chi connectivity index (χ2v) is 10.9. The highest BCUT2D eigenvalue weighted by Crippen LogP contribution is 2.37. The third kappa shape index (κ3) is 7.36. The zero-order valence-corrected chi connectivity index (χ0v) is 23.7. The summed E-state index contributed by atoms with van der Waals surface area (Å²) in [6, 6.07) is 25.7. The molecule has 0 amide bonds. The van der Waals surface area contributed by atoms with E-state index in [0.29, 0.717) is 24.6 Å². The molecule has 1 aliphatic carbocycles. The van der Waals surface area contributed by atoms with Crippen molar-refractivity contribution in [2.24, 2.45) is 0 Å². The third-order valence-corrected chi connectivity index (χ3v) is 8.28. The van der Waals surface area contributed by atoms with Gasteiger partial charge in [-0.15, -0.1) is 0 Å². The first-order valence-corrected chi connectivity index (χ1v) is 14.8. The predicted molar refractivity (Wildman–Crippen MR) is 162 cm³/mol. The summed E-state index contributed by atoms with van der Waals surface area (Å²) < 4.78 is 16.3. The van der Waals surface area contributed by atoms with Crippen molar-refractivity contribution in [3.05, 3.63) is 117 Å². The molecule has 39 heavy (non-hydrogen) atoms. The zero-order valence-electron chi connectivity index (χ0n) is 22.9. The van der Waals surface area contributed by atoms with E-state index in [1.165, 1.54) is 36.2 Å². The van der Waals surface area contributed by atoms with Crippen LogP contribution in [0.3, 0.4) is 0 Å². The first-order valence-electron chi connectivity index (χ1n) is 14.0. The van der Waals surface area contributed by atoms with Crippen LogP contribution in [0.2, 0.25) is 0 Å². The van der Waals surface area contributed by atoms with Crippen molar-refractivity contribution in [3.8, 4) is 21.7 Å². The van der Waals surface area contributed by atoms with Crippen LogP contribution in [0.25, 0.3) is 21.7 Å². The van der Waals surface area contributed by atoms with E-state index in [1.54, 1.807) is 6.07 Å². The van der Waals surface area contributed by atoms with Gasteiger partial charge in [-0.2, -0.15) is 0 Å². The molecular formula is C34H38FNO2S. The molecule has 0 saturated heterocycles. The highest BCUT2D eigenvalue weighted by molar-refractivity contribution is 7.13. The Morgan fingerprint density at radius 1 is 1.00 bits per heavy atom. The van der Waals surface area contributed by atoms with Gasteiger partial charge in [-0.1, -0.05) is 104 Å². The van der Waals surface area contributed by atoms with Gasteiger partial charge in [0.15, 0.2) is 0 Å². The number of thiazole rings is 1. The van der Waals surface area contributed by atoms with Crippen LogP contribution in [-0.4, -0.2) is 9.67 Å². The fourth-order valence-electron chi connectivity index (χ4n) is 4.87. The normalized spacial score (nSPS) is 13.5. The first-order chi connectivity index (χ1) is 19.0. The summed E-state index contributed by atoms with van der Waals surface area (Å²) in [5.74, 6) is 0.952. The summed E-state index contributed by atoms with van der Waals surface area (Å²) >= 11 is 1.29. The second kappa shape index (κ2) is 14.1. The number of rotatable bonds is 9. The van der Waals surface area contributed by atoms with Gasteiger partial charge in [0.2, 0.25) is 0 Å². The van der Waals surface area contributed by atoms with Crippen molar-refractivity contribution in [2.75, 3.05) is 0 Å². The number of aromatic nitrogens is 1. The molecule has 3 nitrogen and oxygen atoms in total. The molecule has 0 spiro atoms. The summed E-state index contributed by atoms with van der Waals surface area (Å²) in [6.07, 6.45) is 8.54. The molecule has 204 valence electrons. The van der Waals surface area contributed by atoms with Crippen molar-refractivity contribution in [3.63, 3.8) is 0 Å². The molecule has 0 unspecified atom stereocenters. The Morgan fingerprint density at radius 3 is 2.23 bits per heavy atom. The molecular weight excluding hydrogens is 505 g/mol. The van der Waals surface area contributed by atoms with Crippen LogP contribution in [0.1, 0.15) is 69.4 Å². The summed E-state index contributed by atoms with van der Waals surface area (Å²) in [4.78, 5) is 14.0. The molecule has 0 bridgehead atoms. The Morgan fingerprint density at radius 2 is 1.67 bits per heavy atom. The lowest BCUT2D eigenvalue weighted by Crippen LogP contribution is -2.15. The minimum absolute atomic E-state index is 0.0337. The summed E-state index contributed by atoms with van der Waals surface area (Å²) in [5, 5.41) is 8.72. The lowest BCUT2D eigenvalue weighted by molar-refractivity contribution is 0.392. The highest BCUT2D eigenvalue weighted by atomic mass is 32.1. The molecule has 5 heteroatoms. The van der Waals surface area contributed by atoms with Gasteiger partial charge in [-0.3, -0.25) is 9.36 Å². The van der Waals surface area contributed by atoms with Crippen LogP contribution in [0.15, 0.2) is 95.5 Å². The monoisotopic (exact) mass is 543 g/mol. The average Bonchev–Trinajstić information content (AvgIpc) is 3.26. The standard InChI is InChI=1S/C28H26FNOS.C6H12O/c29-25-17-16-23(20-13-7-14-20)19-24(25)15-8-18-30-26(21-9-3-1-4-10-21)27(32-28(30)31)22-11-5-2-6-12-22;1-3-5-6(7)4-2/h1-6,9-12,16-17,19-20H,7-8,13-15,18H2;5,7H,3-4H2,1-2H3/b;6-5-. The maximum atomic E-state index is 14.5. The topological polar surface area (TPSA) is 42.2 Å². The molecule has 4 aromatic rings.